The van der Waals surface area contributed by atoms with E-state index < -0.39 is 0 Å². The quantitative estimate of drug-likeness (QED) is 0.833. The lowest BCUT2D eigenvalue weighted by molar-refractivity contribution is 0.593. The molecule has 2 rings (SSSR count). The molecule has 1 fully saturated rings. The lowest BCUT2D eigenvalue weighted by atomic mass is 10.0. The van der Waals surface area contributed by atoms with Crippen molar-refractivity contribution in [1.29, 1.82) is 0 Å². The Morgan fingerprint density at radius 3 is 2.72 bits per heavy atom. The first-order chi connectivity index (χ1) is 8.67. The highest BCUT2D eigenvalue weighted by atomic mass is 19.1. The van der Waals surface area contributed by atoms with E-state index in [0.29, 0.717) is 0 Å². The van der Waals surface area contributed by atoms with Gasteiger partial charge in [-0.2, -0.15) is 0 Å². The molecule has 1 aromatic carbocycles. The minimum Gasteiger partial charge on any atom is -0.369 e. The van der Waals surface area contributed by atoms with Crippen LogP contribution in [0, 0.1) is 11.7 Å². The second-order valence-electron chi connectivity index (χ2n) is 5.17. The highest BCUT2D eigenvalue weighted by Crippen LogP contribution is 2.35. The van der Waals surface area contributed by atoms with E-state index in [1.54, 1.807) is 12.1 Å². The maximum absolute atomic E-state index is 14.2. The van der Waals surface area contributed by atoms with Gasteiger partial charge in [0.15, 0.2) is 0 Å². The van der Waals surface area contributed by atoms with Gasteiger partial charge in [0.2, 0.25) is 0 Å². The third kappa shape index (κ3) is 2.83. The molecule has 1 atom stereocenters. The van der Waals surface area contributed by atoms with Crippen molar-refractivity contribution < 1.29 is 4.39 Å². The van der Waals surface area contributed by atoms with Crippen molar-refractivity contribution in [2.45, 2.75) is 32.7 Å². The average Bonchev–Trinajstić information content (AvgIpc) is 3.19. The highest BCUT2D eigenvalue weighted by Gasteiger charge is 2.26. The summed E-state index contributed by atoms with van der Waals surface area (Å²) in [5, 5.41) is 3.20. The van der Waals surface area contributed by atoms with Gasteiger partial charge in [-0.25, -0.2) is 4.39 Å². The summed E-state index contributed by atoms with van der Waals surface area (Å²) >= 11 is 0. The Labute approximate surface area is 109 Å². The van der Waals surface area contributed by atoms with Crippen molar-refractivity contribution >= 4 is 5.69 Å². The molecule has 0 amide bonds. The van der Waals surface area contributed by atoms with Crippen molar-refractivity contribution in [1.82, 2.24) is 5.32 Å². The molecule has 0 bridgehead atoms. The van der Waals surface area contributed by atoms with Crippen molar-refractivity contribution in [3.63, 3.8) is 0 Å². The summed E-state index contributed by atoms with van der Waals surface area (Å²) < 4.78 is 14.2. The summed E-state index contributed by atoms with van der Waals surface area (Å²) in [7, 11) is 1.91. The van der Waals surface area contributed by atoms with Crippen LogP contribution in [0.2, 0.25) is 0 Å². The van der Waals surface area contributed by atoms with Crippen LogP contribution in [0.25, 0.3) is 0 Å². The smallest absolute Gasteiger partial charge is 0.146 e. The van der Waals surface area contributed by atoms with Gasteiger partial charge >= 0.3 is 0 Å². The summed E-state index contributed by atoms with van der Waals surface area (Å²) in [5.74, 6) is 0.666. The third-order valence-corrected chi connectivity index (χ3v) is 3.79. The molecule has 1 saturated carbocycles. The number of benzene rings is 1. The molecule has 1 aromatic rings. The lowest BCUT2D eigenvalue weighted by Gasteiger charge is -2.28. The van der Waals surface area contributed by atoms with E-state index in [0.717, 1.165) is 30.3 Å². The number of hydrogen-bond acceptors (Lipinski definition) is 2. The van der Waals surface area contributed by atoms with Gasteiger partial charge in [0.25, 0.3) is 0 Å². The molecule has 1 N–H and O–H groups in total. The summed E-state index contributed by atoms with van der Waals surface area (Å²) in [6.07, 6.45) is 2.59. The maximum atomic E-state index is 14.2. The first-order valence-corrected chi connectivity index (χ1v) is 6.88. The van der Waals surface area contributed by atoms with Crippen LogP contribution < -0.4 is 10.2 Å². The predicted molar refractivity (Wildman–Crippen MR) is 74.5 cm³/mol. The summed E-state index contributed by atoms with van der Waals surface area (Å²) in [4.78, 5) is 2.19. The van der Waals surface area contributed by atoms with Crippen LogP contribution in [-0.4, -0.2) is 20.1 Å². The van der Waals surface area contributed by atoms with E-state index in [2.05, 4.69) is 24.1 Å². The fourth-order valence-corrected chi connectivity index (χ4v) is 2.36. The van der Waals surface area contributed by atoms with Crippen molar-refractivity contribution in [3.8, 4) is 0 Å². The fourth-order valence-electron chi connectivity index (χ4n) is 2.36. The number of nitrogens with zero attached hydrogens (tertiary/aromatic N) is 1. The molecule has 100 valence electrons. The van der Waals surface area contributed by atoms with E-state index in [1.165, 1.54) is 12.8 Å². The van der Waals surface area contributed by atoms with E-state index >= 15 is 0 Å². The summed E-state index contributed by atoms with van der Waals surface area (Å²) in [6.45, 7) is 6.02. The van der Waals surface area contributed by atoms with Gasteiger partial charge in [0.05, 0.1) is 5.69 Å². The molecule has 0 saturated heterocycles. The molecule has 1 unspecified atom stereocenters. The van der Waals surface area contributed by atoms with Crippen LogP contribution in [0.4, 0.5) is 10.1 Å². The molecule has 0 aliphatic heterocycles. The molecule has 18 heavy (non-hydrogen) atoms. The van der Waals surface area contributed by atoms with Gasteiger partial charge in [0.1, 0.15) is 5.82 Å². The molecule has 1 aliphatic carbocycles. The zero-order chi connectivity index (χ0) is 13.1. The van der Waals surface area contributed by atoms with Crippen LogP contribution in [0.1, 0.15) is 38.3 Å². The van der Waals surface area contributed by atoms with E-state index in [-0.39, 0.29) is 11.9 Å². The van der Waals surface area contributed by atoms with E-state index in [9.17, 15) is 4.39 Å². The van der Waals surface area contributed by atoms with Crippen LogP contribution in [-0.2, 0) is 0 Å². The Kier molecular flexibility index (Phi) is 4.23. The second-order valence-corrected chi connectivity index (χ2v) is 5.17. The molecule has 0 heterocycles. The first-order valence-electron chi connectivity index (χ1n) is 6.88. The molecule has 2 nitrogen and oxygen atoms in total. The van der Waals surface area contributed by atoms with Crippen molar-refractivity contribution in [2.75, 3.05) is 25.0 Å². The summed E-state index contributed by atoms with van der Waals surface area (Å²) in [5.41, 5.74) is 1.84. The van der Waals surface area contributed by atoms with Crippen LogP contribution in [0.15, 0.2) is 18.2 Å². The molecule has 3 heteroatoms. The Morgan fingerprint density at radius 1 is 1.44 bits per heavy atom. The zero-order valence-corrected chi connectivity index (χ0v) is 11.5. The van der Waals surface area contributed by atoms with Gasteiger partial charge < -0.3 is 10.2 Å². The predicted octanol–water partition coefficient (Wildman–Crippen LogP) is 3.34. The Balaban J connectivity index is 2.32. The van der Waals surface area contributed by atoms with E-state index in [4.69, 9.17) is 0 Å². The van der Waals surface area contributed by atoms with Gasteiger partial charge in [-0.15, -0.1) is 0 Å². The topological polar surface area (TPSA) is 15.3 Å². The number of para-hydroxylation sites is 1. The standard InChI is InChI=1S/C15H23FN2/c1-4-18(10-12-8-9-12)15-13(11(2)17-3)6-5-7-14(15)16/h5-7,11-12,17H,4,8-10H2,1-3H3. The minimum atomic E-state index is -0.0999. The van der Waals surface area contributed by atoms with Gasteiger partial charge in [-0.3, -0.25) is 0 Å². The third-order valence-electron chi connectivity index (χ3n) is 3.79. The Bertz CT molecular complexity index is 401. The number of rotatable bonds is 6. The fraction of sp³-hybridized carbons (Fsp3) is 0.600. The lowest BCUT2D eigenvalue weighted by Crippen LogP contribution is -2.29. The SMILES string of the molecule is CCN(CC1CC1)c1c(F)cccc1C(C)NC. The van der Waals surface area contributed by atoms with Gasteiger partial charge in [-0.05, 0) is 51.3 Å². The summed E-state index contributed by atoms with van der Waals surface area (Å²) in [6, 6.07) is 5.56. The normalized spacial score (nSPS) is 16.7. The Hall–Kier alpha value is -1.09. The van der Waals surface area contributed by atoms with Crippen LogP contribution >= 0.6 is 0 Å². The number of hydrogen-bond donors (Lipinski definition) is 1. The number of anilines is 1. The average molecular weight is 250 g/mol. The van der Waals surface area contributed by atoms with Gasteiger partial charge in [0, 0.05) is 19.1 Å². The largest absolute Gasteiger partial charge is 0.369 e. The molecule has 1 aliphatic rings. The Morgan fingerprint density at radius 2 is 2.17 bits per heavy atom. The molecular formula is C15H23FN2. The highest BCUT2D eigenvalue weighted by molar-refractivity contribution is 5.56. The van der Waals surface area contributed by atoms with Gasteiger partial charge in [-0.1, -0.05) is 12.1 Å². The van der Waals surface area contributed by atoms with E-state index in [1.807, 2.05) is 13.1 Å². The maximum Gasteiger partial charge on any atom is 0.146 e. The first kappa shape index (κ1) is 13.3. The van der Waals surface area contributed by atoms with Crippen molar-refractivity contribution in [3.05, 3.63) is 29.6 Å². The molecule has 0 radical (unpaired) electrons. The molecule has 0 aromatic heterocycles. The van der Waals surface area contributed by atoms with Crippen molar-refractivity contribution in [2.24, 2.45) is 5.92 Å². The molecular weight excluding hydrogens is 227 g/mol. The second kappa shape index (κ2) is 5.70. The monoisotopic (exact) mass is 250 g/mol. The minimum absolute atomic E-state index is 0.0999. The number of halogens is 1. The molecule has 0 spiro atoms. The van der Waals surface area contributed by atoms with Crippen LogP contribution in [0.3, 0.4) is 0 Å². The zero-order valence-electron chi connectivity index (χ0n) is 11.5. The number of nitrogens with one attached hydrogen (secondary N) is 1. The van der Waals surface area contributed by atoms with Crippen LogP contribution in [0.5, 0.6) is 0 Å².